The summed E-state index contributed by atoms with van der Waals surface area (Å²) in [5.74, 6) is 0.572. The van der Waals surface area contributed by atoms with E-state index >= 15 is 0 Å². The minimum atomic E-state index is 0.531. The minimum absolute atomic E-state index is 0.531. The third kappa shape index (κ3) is 2.94. The maximum absolute atomic E-state index is 5.73. The lowest BCUT2D eigenvalue weighted by Crippen LogP contribution is -2.01. The molecule has 96 valence electrons. The molecular weight excluding hydrogens is 282 g/mol. The SMILES string of the molecule is Clc1cnc(NCc2cc(-c3ccoc3)cs2)nc1. The summed E-state index contributed by atoms with van der Waals surface area (Å²) in [5, 5.41) is 5.79. The van der Waals surface area contributed by atoms with Crippen molar-refractivity contribution < 1.29 is 4.42 Å². The fourth-order valence-corrected chi connectivity index (χ4v) is 2.55. The smallest absolute Gasteiger partial charge is 0.222 e. The van der Waals surface area contributed by atoms with Gasteiger partial charge in [-0.25, -0.2) is 9.97 Å². The highest BCUT2D eigenvalue weighted by Gasteiger charge is 2.04. The number of thiophene rings is 1. The summed E-state index contributed by atoms with van der Waals surface area (Å²) >= 11 is 7.41. The predicted octanol–water partition coefficient (Wildman–Crippen LogP) is 4.06. The van der Waals surface area contributed by atoms with Gasteiger partial charge in [0.1, 0.15) is 0 Å². The fourth-order valence-electron chi connectivity index (χ4n) is 1.62. The molecule has 3 aromatic heterocycles. The highest BCUT2D eigenvalue weighted by molar-refractivity contribution is 7.10. The molecule has 0 saturated heterocycles. The molecule has 0 saturated carbocycles. The normalized spacial score (nSPS) is 10.6. The molecule has 0 bridgehead atoms. The zero-order valence-electron chi connectivity index (χ0n) is 9.84. The molecule has 0 radical (unpaired) electrons. The van der Waals surface area contributed by atoms with Gasteiger partial charge in [-0.05, 0) is 23.1 Å². The van der Waals surface area contributed by atoms with Gasteiger partial charge < -0.3 is 9.73 Å². The largest absolute Gasteiger partial charge is 0.472 e. The highest BCUT2D eigenvalue weighted by Crippen LogP contribution is 2.26. The molecule has 0 aliphatic rings. The van der Waals surface area contributed by atoms with E-state index in [4.69, 9.17) is 16.0 Å². The third-order valence-corrected chi connectivity index (χ3v) is 3.68. The lowest BCUT2D eigenvalue weighted by atomic mass is 10.2. The van der Waals surface area contributed by atoms with Gasteiger partial charge in [0.25, 0.3) is 0 Å². The van der Waals surface area contributed by atoms with Crippen molar-refractivity contribution in [3.63, 3.8) is 0 Å². The van der Waals surface area contributed by atoms with Crippen LogP contribution < -0.4 is 5.32 Å². The van der Waals surface area contributed by atoms with Crippen LogP contribution in [0.4, 0.5) is 5.95 Å². The Hall–Kier alpha value is -1.85. The van der Waals surface area contributed by atoms with Gasteiger partial charge in [0.2, 0.25) is 5.95 Å². The summed E-state index contributed by atoms with van der Waals surface area (Å²) in [6.07, 6.45) is 6.55. The van der Waals surface area contributed by atoms with Gasteiger partial charge in [-0.15, -0.1) is 11.3 Å². The number of rotatable bonds is 4. The van der Waals surface area contributed by atoms with E-state index in [9.17, 15) is 0 Å². The third-order valence-electron chi connectivity index (χ3n) is 2.55. The van der Waals surface area contributed by atoms with Crippen LogP contribution in [0.1, 0.15) is 4.88 Å². The molecule has 0 amide bonds. The van der Waals surface area contributed by atoms with Crippen LogP contribution in [0, 0.1) is 0 Å². The number of hydrogen-bond donors (Lipinski definition) is 1. The Morgan fingerprint density at radius 3 is 2.84 bits per heavy atom. The van der Waals surface area contributed by atoms with Crippen molar-refractivity contribution in [3.05, 3.63) is 52.3 Å². The standard InChI is InChI=1S/C13H10ClN3OS/c14-11-4-15-13(16-5-11)17-6-12-3-10(8-19-12)9-1-2-18-7-9/h1-5,7-8H,6H2,(H,15,16,17). The summed E-state index contributed by atoms with van der Waals surface area (Å²) in [4.78, 5) is 9.37. The fraction of sp³-hybridized carbons (Fsp3) is 0.0769. The molecule has 3 aromatic rings. The second kappa shape index (κ2) is 5.42. The first kappa shape index (κ1) is 12.2. The molecule has 0 fully saturated rings. The maximum atomic E-state index is 5.73. The second-order valence-corrected chi connectivity index (χ2v) is 5.32. The van der Waals surface area contributed by atoms with Crippen molar-refractivity contribution >= 4 is 28.9 Å². The molecule has 0 atom stereocenters. The second-order valence-electron chi connectivity index (χ2n) is 3.89. The summed E-state index contributed by atoms with van der Waals surface area (Å²) < 4.78 is 5.08. The quantitative estimate of drug-likeness (QED) is 0.787. The Morgan fingerprint density at radius 2 is 2.11 bits per heavy atom. The Balaban J connectivity index is 1.66. The number of furan rings is 1. The van der Waals surface area contributed by atoms with E-state index in [-0.39, 0.29) is 0 Å². The molecule has 4 nitrogen and oxygen atoms in total. The van der Waals surface area contributed by atoms with Gasteiger partial charge in [-0.1, -0.05) is 11.6 Å². The van der Waals surface area contributed by atoms with Crippen molar-refractivity contribution in [2.75, 3.05) is 5.32 Å². The molecule has 3 rings (SSSR count). The van der Waals surface area contributed by atoms with Crippen molar-refractivity contribution in [1.82, 2.24) is 9.97 Å². The first-order valence-electron chi connectivity index (χ1n) is 5.62. The van der Waals surface area contributed by atoms with E-state index in [1.807, 2.05) is 6.07 Å². The molecule has 1 N–H and O–H groups in total. The maximum Gasteiger partial charge on any atom is 0.222 e. The predicted molar refractivity (Wildman–Crippen MR) is 76.4 cm³/mol. The summed E-state index contributed by atoms with van der Waals surface area (Å²) in [6.45, 7) is 0.685. The Labute approximate surface area is 119 Å². The van der Waals surface area contributed by atoms with Crippen LogP contribution in [0.15, 0.2) is 46.8 Å². The molecule has 3 heterocycles. The van der Waals surface area contributed by atoms with Crippen molar-refractivity contribution in [2.45, 2.75) is 6.54 Å². The Morgan fingerprint density at radius 1 is 1.26 bits per heavy atom. The number of halogens is 1. The van der Waals surface area contributed by atoms with Crippen LogP contribution in [0.2, 0.25) is 5.02 Å². The topological polar surface area (TPSA) is 51.0 Å². The van der Waals surface area contributed by atoms with E-state index in [2.05, 4.69) is 26.7 Å². The molecular formula is C13H10ClN3OS. The Bertz CT molecular complexity index is 649. The van der Waals surface area contributed by atoms with Crippen LogP contribution in [0.25, 0.3) is 11.1 Å². The molecule has 0 unspecified atom stereocenters. The summed E-state index contributed by atoms with van der Waals surface area (Å²) in [5.41, 5.74) is 2.25. The van der Waals surface area contributed by atoms with E-state index in [1.54, 1.807) is 36.3 Å². The molecule has 0 spiro atoms. The summed E-state index contributed by atoms with van der Waals surface area (Å²) in [6, 6.07) is 4.07. The van der Waals surface area contributed by atoms with Crippen LogP contribution in [0.3, 0.4) is 0 Å². The van der Waals surface area contributed by atoms with Crippen LogP contribution in [-0.4, -0.2) is 9.97 Å². The van der Waals surface area contributed by atoms with Crippen LogP contribution in [-0.2, 0) is 6.54 Å². The monoisotopic (exact) mass is 291 g/mol. The molecule has 0 aliphatic carbocycles. The Kier molecular flexibility index (Phi) is 3.48. The van der Waals surface area contributed by atoms with E-state index < -0.39 is 0 Å². The van der Waals surface area contributed by atoms with Gasteiger partial charge in [-0.2, -0.15) is 0 Å². The molecule has 0 aromatic carbocycles. The minimum Gasteiger partial charge on any atom is -0.472 e. The van der Waals surface area contributed by atoms with Gasteiger partial charge >= 0.3 is 0 Å². The number of hydrogen-bond acceptors (Lipinski definition) is 5. The zero-order valence-corrected chi connectivity index (χ0v) is 11.4. The van der Waals surface area contributed by atoms with Gasteiger partial charge in [-0.3, -0.25) is 0 Å². The van der Waals surface area contributed by atoms with Crippen molar-refractivity contribution in [3.8, 4) is 11.1 Å². The van der Waals surface area contributed by atoms with Crippen LogP contribution >= 0.6 is 22.9 Å². The van der Waals surface area contributed by atoms with E-state index in [1.165, 1.54) is 4.88 Å². The van der Waals surface area contributed by atoms with Crippen molar-refractivity contribution in [2.24, 2.45) is 0 Å². The van der Waals surface area contributed by atoms with E-state index in [0.717, 1.165) is 11.1 Å². The number of nitrogens with zero attached hydrogens (tertiary/aromatic N) is 2. The summed E-state index contributed by atoms with van der Waals surface area (Å²) in [7, 11) is 0. The van der Waals surface area contributed by atoms with E-state index in [0.29, 0.717) is 17.5 Å². The lowest BCUT2D eigenvalue weighted by Gasteiger charge is -2.01. The number of aromatic nitrogens is 2. The average molecular weight is 292 g/mol. The van der Waals surface area contributed by atoms with Gasteiger partial charge in [0, 0.05) is 10.4 Å². The molecule has 6 heteroatoms. The van der Waals surface area contributed by atoms with Gasteiger partial charge in [0.15, 0.2) is 0 Å². The van der Waals surface area contributed by atoms with Crippen LogP contribution in [0.5, 0.6) is 0 Å². The first-order valence-corrected chi connectivity index (χ1v) is 6.88. The number of anilines is 1. The zero-order chi connectivity index (χ0) is 13.1. The number of nitrogens with one attached hydrogen (secondary N) is 1. The first-order chi connectivity index (χ1) is 9.31. The van der Waals surface area contributed by atoms with Crippen molar-refractivity contribution in [1.29, 1.82) is 0 Å². The average Bonchev–Trinajstić information content (AvgIpc) is 3.09. The lowest BCUT2D eigenvalue weighted by molar-refractivity contribution is 0.568. The highest BCUT2D eigenvalue weighted by atomic mass is 35.5. The molecule has 0 aliphatic heterocycles. The van der Waals surface area contributed by atoms with Gasteiger partial charge in [0.05, 0.1) is 36.5 Å². The molecule has 19 heavy (non-hydrogen) atoms.